The normalized spacial score (nSPS) is 32.9. The quantitative estimate of drug-likeness (QED) is 0.814. The Morgan fingerprint density at radius 2 is 1.89 bits per heavy atom. The molecule has 2 saturated carbocycles. The van der Waals surface area contributed by atoms with E-state index in [1.807, 2.05) is 18.7 Å². The summed E-state index contributed by atoms with van der Waals surface area (Å²) < 4.78 is 0. The van der Waals surface area contributed by atoms with Gasteiger partial charge in [0.05, 0.1) is 0 Å². The summed E-state index contributed by atoms with van der Waals surface area (Å²) in [5.74, 6) is 1.46. The predicted octanol–water partition coefficient (Wildman–Crippen LogP) is 1.16. The largest absolute Gasteiger partial charge is 0.342 e. The zero-order valence-electron chi connectivity index (χ0n) is 11.2. The molecule has 0 spiro atoms. The molecule has 0 aromatic rings. The Labute approximate surface area is 108 Å². The highest BCUT2D eigenvalue weighted by Gasteiger charge is 2.49. The molecule has 3 fully saturated rings. The summed E-state index contributed by atoms with van der Waals surface area (Å²) in [6.07, 6.45) is 4.63. The highest BCUT2D eigenvalue weighted by Crippen LogP contribution is 2.39. The van der Waals surface area contributed by atoms with E-state index in [4.69, 9.17) is 0 Å². The molecule has 1 N–H and O–H groups in total. The number of amides is 2. The number of hydrogen-bond donors (Lipinski definition) is 1. The summed E-state index contributed by atoms with van der Waals surface area (Å²) in [6.45, 7) is 4.79. The van der Waals surface area contributed by atoms with Crippen LogP contribution in [0.1, 0.15) is 39.5 Å². The number of rotatable bonds is 4. The maximum Gasteiger partial charge on any atom is 0.246 e. The molecule has 4 nitrogen and oxygen atoms in total. The van der Waals surface area contributed by atoms with Gasteiger partial charge in [-0.15, -0.1) is 0 Å². The van der Waals surface area contributed by atoms with E-state index in [1.54, 1.807) is 0 Å². The molecule has 0 aromatic heterocycles. The minimum Gasteiger partial charge on any atom is -0.342 e. The monoisotopic (exact) mass is 250 g/mol. The molecule has 100 valence electrons. The first-order chi connectivity index (χ1) is 8.58. The highest BCUT2D eigenvalue weighted by atomic mass is 16.2. The molecule has 4 heteroatoms. The van der Waals surface area contributed by atoms with Gasteiger partial charge in [-0.25, -0.2) is 0 Å². The van der Waals surface area contributed by atoms with E-state index in [9.17, 15) is 9.59 Å². The van der Waals surface area contributed by atoms with Gasteiger partial charge in [-0.05, 0) is 43.4 Å². The molecule has 2 atom stereocenters. The summed E-state index contributed by atoms with van der Waals surface area (Å²) >= 11 is 0. The van der Waals surface area contributed by atoms with Crippen molar-refractivity contribution in [2.45, 2.75) is 51.6 Å². The van der Waals surface area contributed by atoms with Crippen molar-refractivity contribution in [3.05, 3.63) is 0 Å². The molecule has 0 bridgehead atoms. The molecule has 18 heavy (non-hydrogen) atoms. The maximum atomic E-state index is 12.5. The molecule has 0 radical (unpaired) electrons. The van der Waals surface area contributed by atoms with Crippen molar-refractivity contribution in [1.29, 1.82) is 0 Å². The van der Waals surface area contributed by atoms with Crippen LogP contribution in [0.3, 0.4) is 0 Å². The van der Waals surface area contributed by atoms with Crippen LogP contribution in [-0.4, -0.2) is 35.3 Å². The molecule has 1 saturated heterocycles. The maximum absolute atomic E-state index is 12.5. The fraction of sp³-hybridized carbons (Fsp3) is 0.857. The molecular weight excluding hydrogens is 228 g/mol. The molecule has 3 rings (SSSR count). The summed E-state index contributed by atoms with van der Waals surface area (Å²) in [5.41, 5.74) is 0. The van der Waals surface area contributed by atoms with E-state index >= 15 is 0 Å². The average molecular weight is 250 g/mol. The second-order valence-electron chi connectivity index (χ2n) is 6.45. The van der Waals surface area contributed by atoms with Crippen molar-refractivity contribution >= 4 is 11.8 Å². The fourth-order valence-electron chi connectivity index (χ4n) is 2.87. The smallest absolute Gasteiger partial charge is 0.246 e. The van der Waals surface area contributed by atoms with E-state index in [2.05, 4.69) is 5.32 Å². The first kappa shape index (κ1) is 12.0. The highest BCUT2D eigenvalue weighted by molar-refractivity contribution is 5.97. The van der Waals surface area contributed by atoms with E-state index < -0.39 is 0 Å². The lowest BCUT2D eigenvalue weighted by Crippen LogP contribution is -2.65. The number of carbonyl (C=O) groups excluding carboxylic acids is 2. The van der Waals surface area contributed by atoms with E-state index in [0.717, 1.165) is 19.4 Å². The van der Waals surface area contributed by atoms with Crippen molar-refractivity contribution in [1.82, 2.24) is 10.2 Å². The Morgan fingerprint density at radius 1 is 1.22 bits per heavy atom. The van der Waals surface area contributed by atoms with Crippen LogP contribution in [0.25, 0.3) is 0 Å². The standard InChI is InChI=1S/C14H22N2O2/c1-8(2)11-14(18)16(7-9-3-4-9)12(10-5-6-10)13(17)15-11/h8-12H,3-7H2,1-2H3,(H,15,17). The predicted molar refractivity (Wildman–Crippen MR) is 67.7 cm³/mol. The number of hydrogen-bond acceptors (Lipinski definition) is 2. The summed E-state index contributed by atoms with van der Waals surface area (Å²) in [6, 6.07) is -0.487. The number of carbonyl (C=O) groups is 2. The zero-order valence-corrected chi connectivity index (χ0v) is 11.2. The van der Waals surface area contributed by atoms with Crippen molar-refractivity contribution < 1.29 is 9.59 Å². The Morgan fingerprint density at radius 3 is 2.39 bits per heavy atom. The van der Waals surface area contributed by atoms with E-state index in [-0.39, 0.29) is 29.8 Å². The molecule has 2 amide bonds. The molecule has 1 heterocycles. The Hall–Kier alpha value is -1.06. The van der Waals surface area contributed by atoms with Crippen LogP contribution in [-0.2, 0) is 9.59 Å². The molecule has 2 unspecified atom stereocenters. The van der Waals surface area contributed by atoms with Crippen LogP contribution in [0.5, 0.6) is 0 Å². The Balaban J connectivity index is 1.80. The Kier molecular flexibility index (Phi) is 2.83. The number of nitrogens with zero attached hydrogens (tertiary/aromatic N) is 1. The summed E-state index contributed by atoms with van der Waals surface area (Å²) in [7, 11) is 0. The van der Waals surface area contributed by atoms with Crippen molar-refractivity contribution in [2.75, 3.05) is 6.54 Å². The van der Waals surface area contributed by atoms with Gasteiger partial charge in [0.2, 0.25) is 11.8 Å². The van der Waals surface area contributed by atoms with Gasteiger partial charge in [0.15, 0.2) is 0 Å². The fourth-order valence-corrected chi connectivity index (χ4v) is 2.87. The second-order valence-corrected chi connectivity index (χ2v) is 6.45. The van der Waals surface area contributed by atoms with Crippen molar-refractivity contribution in [2.24, 2.45) is 17.8 Å². The summed E-state index contributed by atoms with van der Waals surface area (Å²) in [4.78, 5) is 26.7. The first-order valence-electron chi connectivity index (χ1n) is 7.18. The van der Waals surface area contributed by atoms with Gasteiger partial charge in [0, 0.05) is 6.54 Å². The molecular formula is C14H22N2O2. The third-order valence-electron chi connectivity index (χ3n) is 4.34. The van der Waals surface area contributed by atoms with Crippen LogP contribution in [0, 0.1) is 17.8 Å². The van der Waals surface area contributed by atoms with Crippen LogP contribution < -0.4 is 5.32 Å². The average Bonchev–Trinajstić information content (AvgIpc) is 3.14. The lowest BCUT2D eigenvalue weighted by atomic mass is 9.95. The molecule has 0 aromatic carbocycles. The van der Waals surface area contributed by atoms with Gasteiger partial charge in [0.25, 0.3) is 0 Å². The minimum atomic E-state index is -0.314. The first-order valence-corrected chi connectivity index (χ1v) is 7.18. The van der Waals surface area contributed by atoms with Gasteiger partial charge in [-0.1, -0.05) is 13.8 Å². The topological polar surface area (TPSA) is 49.4 Å². The SMILES string of the molecule is CC(C)C1NC(=O)C(C2CC2)N(CC2CC2)C1=O. The molecule has 3 aliphatic rings. The third-order valence-corrected chi connectivity index (χ3v) is 4.34. The van der Waals surface area contributed by atoms with Crippen LogP contribution in [0.15, 0.2) is 0 Å². The van der Waals surface area contributed by atoms with Crippen molar-refractivity contribution in [3.8, 4) is 0 Å². The molecule has 2 aliphatic carbocycles. The van der Waals surface area contributed by atoms with Gasteiger partial charge < -0.3 is 10.2 Å². The van der Waals surface area contributed by atoms with Gasteiger partial charge in [0.1, 0.15) is 12.1 Å². The number of piperazine rings is 1. The van der Waals surface area contributed by atoms with E-state index in [1.165, 1.54) is 12.8 Å². The zero-order chi connectivity index (χ0) is 12.9. The van der Waals surface area contributed by atoms with Crippen molar-refractivity contribution in [3.63, 3.8) is 0 Å². The lowest BCUT2D eigenvalue weighted by molar-refractivity contribution is -0.151. The minimum absolute atomic E-state index is 0.0800. The number of nitrogens with one attached hydrogen (secondary N) is 1. The van der Waals surface area contributed by atoms with Crippen LogP contribution >= 0.6 is 0 Å². The van der Waals surface area contributed by atoms with Gasteiger partial charge >= 0.3 is 0 Å². The summed E-state index contributed by atoms with van der Waals surface area (Å²) in [5, 5.41) is 2.93. The second kappa shape index (κ2) is 4.25. The Bertz CT molecular complexity index is 372. The van der Waals surface area contributed by atoms with Crippen LogP contribution in [0.2, 0.25) is 0 Å². The lowest BCUT2D eigenvalue weighted by Gasteiger charge is -2.40. The van der Waals surface area contributed by atoms with Gasteiger partial charge in [-0.2, -0.15) is 0 Å². The van der Waals surface area contributed by atoms with E-state index in [0.29, 0.717) is 11.8 Å². The molecule has 1 aliphatic heterocycles. The van der Waals surface area contributed by atoms with Crippen LogP contribution in [0.4, 0.5) is 0 Å². The van der Waals surface area contributed by atoms with Gasteiger partial charge in [-0.3, -0.25) is 9.59 Å². The third kappa shape index (κ3) is 2.13.